The molecule has 0 aliphatic rings. The average molecular weight is 339 g/mol. The highest BCUT2D eigenvalue weighted by molar-refractivity contribution is 7.91. The molecule has 0 fully saturated rings. The Morgan fingerprint density at radius 1 is 1.09 bits per heavy atom. The molecule has 1 atom stereocenters. The van der Waals surface area contributed by atoms with Crippen molar-refractivity contribution in [3.8, 4) is 0 Å². The fourth-order valence-electron chi connectivity index (χ4n) is 2.05. The van der Waals surface area contributed by atoms with Crippen molar-refractivity contribution in [2.24, 2.45) is 0 Å². The molecule has 0 saturated carbocycles. The summed E-state index contributed by atoms with van der Waals surface area (Å²) in [6.45, 7) is 8.91. The lowest BCUT2D eigenvalue weighted by molar-refractivity contribution is -0.137. The van der Waals surface area contributed by atoms with Crippen molar-refractivity contribution in [1.29, 1.82) is 0 Å². The molecule has 0 amide bonds. The molecule has 7 heteroatoms. The van der Waals surface area contributed by atoms with Crippen LogP contribution >= 0.6 is 0 Å². The van der Waals surface area contributed by atoms with E-state index in [0.29, 0.717) is 6.07 Å². The van der Waals surface area contributed by atoms with Crippen LogP contribution in [0.1, 0.15) is 22.1 Å². The minimum Gasteiger partial charge on any atom is -0.291 e. The molecular weight excluding hydrogens is 327 g/mol. The highest BCUT2D eigenvalue weighted by Crippen LogP contribution is 2.35. The summed E-state index contributed by atoms with van der Waals surface area (Å²) < 4.78 is 63.4. The molecule has 0 aliphatic carbocycles. The molecule has 23 heavy (non-hydrogen) atoms. The summed E-state index contributed by atoms with van der Waals surface area (Å²) in [5, 5.41) is -1.72. The summed E-state index contributed by atoms with van der Waals surface area (Å²) in [6, 6.07) is 9.68. The van der Waals surface area contributed by atoms with Crippen LogP contribution in [0.15, 0.2) is 53.4 Å². The second-order valence-electron chi connectivity index (χ2n) is 4.96. The van der Waals surface area contributed by atoms with E-state index in [4.69, 9.17) is 6.57 Å². The number of sulfone groups is 1. The first-order chi connectivity index (χ1) is 10.7. The normalized spacial score (nSPS) is 13.3. The van der Waals surface area contributed by atoms with Gasteiger partial charge in [0.25, 0.3) is 9.84 Å². The molecular formula is C16H12F3NO2S. The Labute approximate surface area is 132 Å². The number of halogens is 3. The van der Waals surface area contributed by atoms with Gasteiger partial charge in [0.1, 0.15) is 0 Å². The van der Waals surface area contributed by atoms with E-state index >= 15 is 0 Å². The van der Waals surface area contributed by atoms with Gasteiger partial charge in [-0.3, -0.25) is 4.85 Å². The van der Waals surface area contributed by atoms with Crippen LogP contribution in [-0.4, -0.2) is 8.42 Å². The van der Waals surface area contributed by atoms with Gasteiger partial charge in [-0.1, -0.05) is 29.8 Å². The molecule has 2 aromatic carbocycles. The maximum absolute atomic E-state index is 12.8. The molecule has 0 aliphatic heterocycles. The number of hydrogen-bond donors (Lipinski definition) is 0. The maximum Gasteiger partial charge on any atom is 0.416 e. The molecule has 0 N–H and O–H groups in total. The Hall–Kier alpha value is -2.33. The summed E-state index contributed by atoms with van der Waals surface area (Å²) >= 11 is 0. The van der Waals surface area contributed by atoms with E-state index < -0.39 is 27.0 Å². The quantitative estimate of drug-likeness (QED) is 0.777. The minimum atomic E-state index is -4.60. The standard InChI is InChI=1S/C16H12F3NO2S/c1-11-6-8-14(9-7-11)23(21,22)15(20-2)12-4-3-5-13(10-12)16(17,18)19/h3-10,15H,1H3/t15-/m0/s1. The third-order valence-corrected chi connectivity index (χ3v) is 5.15. The fraction of sp³-hybridized carbons (Fsp3) is 0.188. The van der Waals surface area contributed by atoms with E-state index in [0.717, 1.165) is 17.7 Å². The topological polar surface area (TPSA) is 38.5 Å². The molecule has 0 heterocycles. The third kappa shape index (κ3) is 3.54. The monoisotopic (exact) mass is 339 g/mol. The van der Waals surface area contributed by atoms with Crippen LogP contribution in [0.4, 0.5) is 13.2 Å². The molecule has 3 nitrogen and oxygen atoms in total. The predicted octanol–water partition coefficient (Wildman–Crippen LogP) is 4.41. The summed E-state index contributed by atoms with van der Waals surface area (Å²) in [4.78, 5) is 2.95. The van der Waals surface area contributed by atoms with Crippen LogP contribution in [0.2, 0.25) is 0 Å². The van der Waals surface area contributed by atoms with E-state index in [1.54, 1.807) is 19.1 Å². The van der Waals surface area contributed by atoms with Crippen molar-refractivity contribution in [3.05, 3.63) is 76.6 Å². The van der Waals surface area contributed by atoms with E-state index in [-0.39, 0.29) is 10.5 Å². The Bertz CT molecular complexity index is 850. The van der Waals surface area contributed by atoms with Gasteiger partial charge in [-0.15, -0.1) is 0 Å². The lowest BCUT2D eigenvalue weighted by Gasteiger charge is -2.11. The highest BCUT2D eigenvalue weighted by atomic mass is 32.2. The third-order valence-electron chi connectivity index (χ3n) is 3.26. The van der Waals surface area contributed by atoms with Crippen molar-refractivity contribution in [1.82, 2.24) is 0 Å². The average Bonchev–Trinajstić information content (AvgIpc) is 2.47. The summed E-state index contributed by atoms with van der Waals surface area (Å²) in [5.41, 5.74) is -0.347. The largest absolute Gasteiger partial charge is 0.416 e. The van der Waals surface area contributed by atoms with Gasteiger partial charge in [0.2, 0.25) is 0 Å². The number of nitrogens with zero attached hydrogens (tertiary/aromatic N) is 1. The van der Waals surface area contributed by atoms with Crippen LogP contribution in [0.25, 0.3) is 4.85 Å². The van der Waals surface area contributed by atoms with Gasteiger partial charge in [-0.2, -0.15) is 13.2 Å². The Kier molecular flexibility index (Phi) is 4.48. The molecule has 0 aromatic heterocycles. The zero-order valence-corrected chi connectivity index (χ0v) is 12.8. The molecule has 0 bridgehead atoms. The van der Waals surface area contributed by atoms with Gasteiger partial charge in [-0.05, 0) is 31.2 Å². The molecule has 0 spiro atoms. The van der Waals surface area contributed by atoms with Crippen molar-refractivity contribution in [2.75, 3.05) is 0 Å². The van der Waals surface area contributed by atoms with Crippen molar-refractivity contribution in [3.63, 3.8) is 0 Å². The van der Waals surface area contributed by atoms with Crippen LogP contribution in [-0.2, 0) is 16.0 Å². The Morgan fingerprint density at radius 2 is 1.70 bits per heavy atom. The number of hydrogen-bond acceptors (Lipinski definition) is 2. The summed E-state index contributed by atoms with van der Waals surface area (Å²) in [6.07, 6.45) is -4.60. The zero-order valence-electron chi connectivity index (χ0n) is 12.0. The lowest BCUT2D eigenvalue weighted by Crippen LogP contribution is -2.12. The van der Waals surface area contributed by atoms with Gasteiger partial charge in [0.05, 0.1) is 16.0 Å². The van der Waals surface area contributed by atoms with Gasteiger partial charge in [0, 0.05) is 0 Å². The maximum atomic E-state index is 12.8. The highest BCUT2D eigenvalue weighted by Gasteiger charge is 2.37. The zero-order chi connectivity index (χ0) is 17.3. The SMILES string of the molecule is [C-]#[N+][C@H](c1cccc(C(F)(F)F)c1)S(=O)(=O)c1ccc(C)cc1. The number of rotatable bonds is 3. The van der Waals surface area contributed by atoms with Crippen LogP contribution < -0.4 is 0 Å². The van der Waals surface area contributed by atoms with Crippen LogP contribution in [0.3, 0.4) is 0 Å². The second-order valence-corrected chi connectivity index (χ2v) is 6.97. The first-order valence-electron chi connectivity index (χ1n) is 6.50. The molecule has 2 aromatic rings. The van der Waals surface area contributed by atoms with Crippen LogP contribution in [0.5, 0.6) is 0 Å². The number of aryl methyl sites for hydroxylation is 1. The van der Waals surface area contributed by atoms with Gasteiger partial charge >= 0.3 is 11.6 Å². The van der Waals surface area contributed by atoms with Crippen molar-refractivity contribution in [2.45, 2.75) is 23.4 Å². The molecule has 2 rings (SSSR count). The fourth-order valence-corrected chi connectivity index (χ4v) is 3.47. The lowest BCUT2D eigenvalue weighted by atomic mass is 10.1. The first-order valence-corrected chi connectivity index (χ1v) is 8.05. The minimum absolute atomic E-state index is 0.0958. The van der Waals surface area contributed by atoms with Crippen molar-refractivity contribution >= 4 is 9.84 Å². The van der Waals surface area contributed by atoms with E-state index in [1.165, 1.54) is 18.2 Å². The van der Waals surface area contributed by atoms with Gasteiger partial charge in [0.15, 0.2) is 0 Å². The molecule has 120 valence electrons. The molecule has 0 radical (unpaired) electrons. The molecule has 0 saturated heterocycles. The number of benzene rings is 2. The first kappa shape index (κ1) is 17.0. The van der Waals surface area contributed by atoms with E-state index in [9.17, 15) is 21.6 Å². The Balaban J connectivity index is 2.52. The summed E-state index contributed by atoms with van der Waals surface area (Å²) in [7, 11) is -4.10. The van der Waals surface area contributed by atoms with E-state index in [1.807, 2.05) is 0 Å². The number of alkyl halides is 3. The molecule has 0 unspecified atom stereocenters. The Morgan fingerprint density at radius 3 is 2.22 bits per heavy atom. The smallest absolute Gasteiger partial charge is 0.291 e. The second kappa shape index (κ2) is 6.05. The van der Waals surface area contributed by atoms with Gasteiger partial charge < -0.3 is 0 Å². The van der Waals surface area contributed by atoms with Crippen LogP contribution in [0, 0.1) is 13.5 Å². The van der Waals surface area contributed by atoms with Crippen molar-refractivity contribution < 1.29 is 21.6 Å². The van der Waals surface area contributed by atoms with Gasteiger partial charge in [-0.25, -0.2) is 15.0 Å². The summed E-state index contributed by atoms with van der Waals surface area (Å²) in [5.74, 6) is 0. The predicted molar refractivity (Wildman–Crippen MR) is 79.2 cm³/mol. The van der Waals surface area contributed by atoms with E-state index in [2.05, 4.69) is 4.85 Å².